The number of carbonyl (C=O) groups excluding carboxylic acids is 2. The number of benzene rings is 1. The lowest BCUT2D eigenvalue weighted by molar-refractivity contribution is -0.149. The van der Waals surface area contributed by atoms with Crippen molar-refractivity contribution in [3.63, 3.8) is 0 Å². The molecule has 1 aliphatic rings. The van der Waals surface area contributed by atoms with Gasteiger partial charge < -0.3 is 14.8 Å². The number of H-pyrrole nitrogens is 1. The molecule has 1 unspecified atom stereocenters. The Labute approximate surface area is 193 Å². The predicted molar refractivity (Wildman–Crippen MR) is 118 cm³/mol. The van der Waals surface area contributed by atoms with Gasteiger partial charge in [0, 0.05) is 41.7 Å². The van der Waals surface area contributed by atoms with Crippen LogP contribution in [0.2, 0.25) is 10.0 Å². The van der Waals surface area contributed by atoms with Crippen molar-refractivity contribution in [1.29, 1.82) is 0 Å². The number of ether oxygens (including phenoxy) is 2. The van der Waals surface area contributed by atoms with Crippen LogP contribution in [0.1, 0.15) is 37.6 Å². The van der Waals surface area contributed by atoms with Crippen LogP contribution in [-0.2, 0) is 31.9 Å². The normalized spacial score (nSPS) is 20.2. The summed E-state index contributed by atoms with van der Waals surface area (Å²) in [6, 6.07) is 4.97. The molecule has 0 radical (unpaired) electrons. The summed E-state index contributed by atoms with van der Waals surface area (Å²) in [5.41, 5.74) is -0.158. The van der Waals surface area contributed by atoms with Gasteiger partial charge >= 0.3 is 11.7 Å². The number of amides is 1. The molecule has 2 aromatic rings. The number of esters is 1. The first-order valence-electron chi connectivity index (χ1n) is 10.1. The van der Waals surface area contributed by atoms with E-state index in [1.165, 1.54) is 17.7 Å². The van der Waals surface area contributed by atoms with Gasteiger partial charge in [0.1, 0.15) is 18.4 Å². The predicted octanol–water partition coefficient (Wildman–Crippen LogP) is 1.98. The lowest BCUT2D eigenvalue weighted by atomic mass is 10.1. The standard InChI is InChI=1S/C21H23Cl2N3O6/c1-3-12-10-26(21(30)25-20(12)29)19-8-16(31-11(2)27)17(32-19)9-24-18(28)7-13-14(22)5-4-6-15(13)23/h4-6,10,16-17,19H,3,7-9H2,1-2H3,(H,24,28)(H,25,29,30)/t16?,17-,19-/m0/s1. The molecule has 32 heavy (non-hydrogen) atoms. The van der Waals surface area contributed by atoms with Crippen molar-refractivity contribution in [2.45, 2.75) is 51.5 Å². The van der Waals surface area contributed by atoms with E-state index >= 15 is 0 Å². The number of aromatic amines is 1. The van der Waals surface area contributed by atoms with Crippen LogP contribution in [-0.4, -0.2) is 40.2 Å². The average Bonchev–Trinajstić information content (AvgIpc) is 3.11. The molecule has 2 heterocycles. The molecule has 11 heteroatoms. The molecule has 1 amide bonds. The first-order valence-corrected chi connectivity index (χ1v) is 10.8. The van der Waals surface area contributed by atoms with Crippen LogP contribution < -0.4 is 16.6 Å². The Balaban J connectivity index is 1.72. The van der Waals surface area contributed by atoms with Crippen molar-refractivity contribution in [2.24, 2.45) is 0 Å². The summed E-state index contributed by atoms with van der Waals surface area (Å²) in [6.07, 6.45) is -0.132. The lowest BCUT2D eigenvalue weighted by Crippen LogP contribution is -2.39. The molecule has 0 aliphatic carbocycles. The number of hydrogen-bond acceptors (Lipinski definition) is 6. The molecule has 3 rings (SSSR count). The quantitative estimate of drug-likeness (QED) is 0.581. The number of hydrogen-bond donors (Lipinski definition) is 2. The Hall–Kier alpha value is -2.62. The molecule has 2 N–H and O–H groups in total. The minimum absolute atomic E-state index is 0.0356. The van der Waals surface area contributed by atoms with E-state index in [9.17, 15) is 19.2 Å². The molecule has 1 aliphatic heterocycles. The molecular weight excluding hydrogens is 461 g/mol. The highest BCUT2D eigenvalue weighted by molar-refractivity contribution is 6.36. The maximum Gasteiger partial charge on any atom is 0.330 e. The van der Waals surface area contributed by atoms with Crippen molar-refractivity contribution in [2.75, 3.05) is 6.54 Å². The van der Waals surface area contributed by atoms with Crippen LogP contribution >= 0.6 is 23.2 Å². The van der Waals surface area contributed by atoms with Gasteiger partial charge in [0.2, 0.25) is 5.91 Å². The molecule has 0 spiro atoms. The molecule has 1 aromatic carbocycles. The van der Waals surface area contributed by atoms with Crippen LogP contribution in [0.3, 0.4) is 0 Å². The lowest BCUT2D eigenvalue weighted by Gasteiger charge is -2.19. The number of rotatable bonds is 7. The highest BCUT2D eigenvalue weighted by Crippen LogP contribution is 2.30. The summed E-state index contributed by atoms with van der Waals surface area (Å²) in [5.74, 6) is -0.857. The van der Waals surface area contributed by atoms with E-state index in [0.717, 1.165) is 0 Å². The molecule has 172 valence electrons. The number of aryl methyl sites for hydroxylation is 1. The molecule has 1 saturated heterocycles. The molecule has 1 aromatic heterocycles. The third-order valence-electron chi connectivity index (χ3n) is 5.13. The summed E-state index contributed by atoms with van der Waals surface area (Å²) < 4.78 is 12.5. The second kappa shape index (κ2) is 10.3. The summed E-state index contributed by atoms with van der Waals surface area (Å²) in [5, 5.41) is 3.49. The molecule has 3 atom stereocenters. The van der Waals surface area contributed by atoms with E-state index in [0.29, 0.717) is 27.6 Å². The molecular formula is C21H23Cl2N3O6. The molecule has 9 nitrogen and oxygen atoms in total. The Morgan fingerprint density at radius 2 is 1.97 bits per heavy atom. The van der Waals surface area contributed by atoms with Gasteiger partial charge in [-0.1, -0.05) is 36.2 Å². The maximum atomic E-state index is 12.4. The fourth-order valence-electron chi connectivity index (χ4n) is 3.52. The van der Waals surface area contributed by atoms with Gasteiger partial charge in [-0.2, -0.15) is 0 Å². The zero-order valence-corrected chi connectivity index (χ0v) is 19.0. The van der Waals surface area contributed by atoms with Gasteiger partial charge in [-0.15, -0.1) is 0 Å². The van der Waals surface area contributed by atoms with E-state index in [1.54, 1.807) is 25.1 Å². The van der Waals surface area contributed by atoms with Crippen molar-refractivity contribution in [1.82, 2.24) is 14.9 Å². The summed E-state index contributed by atoms with van der Waals surface area (Å²) in [7, 11) is 0. The van der Waals surface area contributed by atoms with E-state index in [-0.39, 0.29) is 25.3 Å². The van der Waals surface area contributed by atoms with Crippen molar-refractivity contribution < 1.29 is 19.1 Å². The van der Waals surface area contributed by atoms with Gasteiger partial charge in [-0.25, -0.2) is 4.79 Å². The maximum absolute atomic E-state index is 12.4. The molecule has 0 bridgehead atoms. The van der Waals surface area contributed by atoms with E-state index < -0.39 is 35.7 Å². The fourth-order valence-corrected chi connectivity index (χ4v) is 4.05. The minimum Gasteiger partial charge on any atom is -0.460 e. The Kier molecular flexibility index (Phi) is 7.76. The second-order valence-corrected chi connectivity index (χ2v) is 8.18. The van der Waals surface area contributed by atoms with Gasteiger partial charge in [0.15, 0.2) is 0 Å². The molecule has 0 saturated carbocycles. The Morgan fingerprint density at radius 3 is 2.59 bits per heavy atom. The summed E-state index contributed by atoms with van der Waals surface area (Å²) in [6.45, 7) is 3.10. The summed E-state index contributed by atoms with van der Waals surface area (Å²) in [4.78, 5) is 50.4. The second-order valence-electron chi connectivity index (χ2n) is 7.37. The first kappa shape index (κ1) is 24.0. The van der Waals surface area contributed by atoms with Crippen LogP contribution in [0.25, 0.3) is 0 Å². The van der Waals surface area contributed by atoms with Gasteiger partial charge in [0.05, 0.1) is 6.42 Å². The van der Waals surface area contributed by atoms with E-state index in [2.05, 4.69) is 10.3 Å². The van der Waals surface area contributed by atoms with Crippen LogP contribution in [0, 0.1) is 0 Å². The molecule has 1 fully saturated rings. The number of carbonyl (C=O) groups is 2. The van der Waals surface area contributed by atoms with Crippen molar-refractivity contribution >= 4 is 35.1 Å². The number of halogens is 2. The Bertz CT molecular complexity index is 1110. The largest absolute Gasteiger partial charge is 0.460 e. The fraction of sp³-hybridized carbons (Fsp3) is 0.429. The summed E-state index contributed by atoms with van der Waals surface area (Å²) >= 11 is 12.2. The zero-order valence-electron chi connectivity index (χ0n) is 17.5. The van der Waals surface area contributed by atoms with Crippen molar-refractivity contribution in [3.8, 4) is 0 Å². The van der Waals surface area contributed by atoms with E-state index in [1.807, 2.05) is 0 Å². The van der Waals surface area contributed by atoms with Crippen LogP contribution in [0.15, 0.2) is 34.0 Å². The van der Waals surface area contributed by atoms with Gasteiger partial charge in [-0.05, 0) is 24.1 Å². The average molecular weight is 484 g/mol. The first-order chi connectivity index (χ1) is 15.2. The smallest absolute Gasteiger partial charge is 0.330 e. The number of nitrogens with one attached hydrogen (secondary N) is 2. The number of aromatic nitrogens is 2. The third kappa shape index (κ3) is 5.59. The SMILES string of the molecule is CCc1cn([C@@H]2CC(OC(C)=O)[C@H](CNC(=O)Cc3c(Cl)cccc3Cl)O2)c(=O)[nH]c1=O. The zero-order chi connectivity index (χ0) is 23.4. The highest BCUT2D eigenvalue weighted by atomic mass is 35.5. The van der Waals surface area contributed by atoms with Crippen LogP contribution in [0.5, 0.6) is 0 Å². The Morgan fingerprint density at radius 1 is 1.28 bits per heavy atom. The van der Waals surface area contributed by atoms with Gasteiger partial charge in [-0.3, -0.25) is 23.9 Å². The minimum atomic E-state index is -0.770. The van der Waals surface area contributed by atoms with Crippen molar-refractivity contribution in [3.05, 3.63) is 66.4 Å². The van der Waals surface area contributed by atoms with Crippen LogP contribution in [0.4, 0.5) is 0 Å². The van der Waals surface area contributed by atoms with Gasteiger partial charge in [0.25, 0.3) is 5.56 Å². The highest BCUT2D eigenvalue weighted by Gasteiger charge is 2.39. The topological polar surface area (TPSA) is 119 Å². The monoisotopic (exact) mass is 483 g/mol. The third-order valence-corrected chi connectivity index (χ3v) is 5.84. The number of nitrogens with zero attached hydrogens (tertiary/aromatic N) is 1. The van der Waals surface area contributed by atoms with E-state index in [4.69, 9.17) is 32.7 Å².